The molecule has 316 valence electrons. The van der Waals surface area contributed by atoms with Crippen LogP contribution in [-0.4, -0.2) is 91.6 Å². The molecule has 6 heterocycles. The quantitative estimate of drug-likeness (QED) is 0.124. The first-order valence-corrected chi connectivity index (χ1v) is 21.9. The largest absolute Gasteiger partial charge is 0.489 e. The third kappa shape index (κ3) is 6.81. The van der Waals surface area contributed by atoms with E-state index in [1.807, 2.05) is 17.9 Å². The summed E-state index contributed by atoms with van der Waals surface area (Å²) in [4.78, 5) is 30.8. The summed E-state index contributed by atoms with van der Waals surface area (Å²) in [6, 6.07) is 3.69. The number of imidazole rings is 1. The molecule has 2 saturated heterocycles. The van der Waals surface area contributed by atoms with Gasteiger partial charge in [0, 0.05) is 48.3 Å². The van der Waals surface area contributed by atoms with Crippen LogP contribution < -0.4 is 20.1 Å². The van der Waals surface area contributed by atoms with Crippen LogP contribution in [0, 0.1) is 34.8 Å². The molecule has 5 aromatic rings. The highest BCUT2D eigenvalue weighted by atomic mass is 35.5. The zero-order valence-corrected chi connectivity index (χ0v) is 34.9. The molecular weight excluding hydrogens is 817 g/mol. The van der Waals surface area contributed by atoms with E-state index < -0.39 is 35.5 Å². The molecule has 0 amide bonds. The zero-order valence-electron chi connectivity index (χ0n) is 33.3. The Hall–Kier alpha value is -4.69. The number of hydrogen-bond acceptors (Lipinski definition) is 12. The van der Waals surface area contributed by atoms with Crippen molar-refractivity contribution in [2.24, 2.45) is 11.8 Å². The topological polar surface area (TPSA) is 156 Å². The van der Waals surface area contributed by atoms with Gasteiger partial charge in [0.15, 0.2) is 11.6 Å². The van der Waals surface area contributed by atoms with Gasteiger partial charge in [0.1, 0.15) is 53.9 Å². The number of rotatable bonds is 12. The van der Waals surface area contributed by atoms with Crippen LogP contribution in [0.15, 0.2) is 30.9 Å². The van der Waals surface area contributed by atoms with E-state index in [0.29, 0.717) is 24.7 Å². The number of nitrogen functional groups attached to an aromatic ring is 1. The van der Waals surface area contributed by atoms with Crippen molar-refractivity contribution in [2.75, 3.05) is 36.9 Å². The number of anilines is 2. The first-order valence-electron chi connectivity index (χ1n) is 20.7. The van der Waals surface area contributed by atoms with Crippen molar-refractivity contribution in [3.63, 3.8) is 0 Å². The summed E-state index contributed by atoms with van der Waals surface area (Å²) < 4.78 is 62.0. The summed E-state index contributed by atoms with van der Waals surface area (Å²) in [5, 5.41) is 21.7. The van der Waals surface area contributed by atoms with Crippen molar-refractivity contribution in [2.45, 2.75) is 102 Å². The monoisotopic (exact) mass is 862 g/mol. The summed E-state index contributed by atoms with van der Waals surface area (Å²) in [7, 11) is 0. The SMILES string of the molecule is CCC(CCCC1CC(N2c3nc(OC[C@@]45CCCN4C[C@H](F)C5)nc4c(F)c(-c5ccc(F)c6sc(N)c(C#N)c56)c(Cl)c(c34)OC[C@@H]2[C@H](C)O)C1)C(=O)n1ccnc1. The number of carbonyl (C=O) groups excluding carboxylic acids is 1. The predicted molar refractivity (Wildman–Crippen MR) is 223 cm³/mol. The maximum absolute atomic E-state index is 17.6. The third-order valence-electron chi connectivity index (χ3n) is 13.3. The smallest absolute Gasteiger partial charge is 0.319 e. The number of nitriles is 1. The summed E-state index contributed by atoms with van der Waals surface area (Å²) in [5.74, 6) is -0.852. The molecule has 3 aliphatic heterocycles. The summed E-state index contributed by atoms with van der Waals surface area (Å²) in [5.41, 5.74) is 5.43. The number of aliphatic hydroxyl groups is 1. The number of halogens is 4. The lowest BCUT2D eigenvalue weighted by Crippen LogP contribution is -2.55. The van der Waals surface area contributed by atoms with E-state index >= 15 is 8.78 Å². The summed E-state index contributed by atoms with van der Waals surface area (Å²) in [6.45, 7) is 4.81. The van der Waals surface area contributed by atoms with Crippen LogP contribution in [0.25, 0.3) is 32.1 Å². The van der Waals surface area contributed by atoms with Crippen molar-refractivity contribution in [3.8, 4) is 29.0 Å². The number of nitrogens with zero attached hydrogens (tertiary/aromatic N) is 7. The number of thiophene rings is 1. The van der Waals surface area contributed by atoms with Gasteiger partial charge in [-0.1, -0.05) is 37.4 Å². The fourth-order valence-electron chi connectivity index (χ4n) is 10.2. The number of fused-ring (bicyclic) bond motifs is 2. The van der Waals surface area contributed by atoms with Crippen molar-refractivity contribution < 1.29 is 32.5 Å². The highest BCUT2D eigenvalue weighted by Crippen LogP contribution is 2.53. The van der Waals surface area contributed by atoms with Gasteiger partial charge in [-0.05, 0) is 69.5 Å². The lowest BCUT2D eigenvalue weighted by Gasteiger charge is -2.47. The summed E-state index contributed by atoms with van der Waals surface area (Å²) >= 11 is 8.06. The molecule has 60 heavy (non-hydrogen) atoms. The third-order valence-corrected chi connectivity index (χ3v) is 14.7. The molecule has 0 radical (unpaired) electrons. The number of benzene rings is 2. The van der Waals surface area contributed by atoms with Crippen LogP contribution in [0.4, 0.5) is 24.0 Å². The summed E-state index contributed by atoms with van der Waals surface area (Å²) in [6.07, 6.45) is 9.57. The first-order chi connectivity index (χ1) is 28.9. The van der Waals surface area contributed by atoms with Crippen molar-refractivity contribution in [3.05, 3.63) is 53.1 Å². The second kappa shape index (κ2) is 16.0. The highest BCUT2D eigenvalue weighted by Gasteiger charge is 2.50. The maximum atomic E-state index is 17.6. The van der Waals surface area contributed by atoms with Gasteiger partial charge in [0.05, 0.1) is 38.4 Å². The van der Waals surface area contributed by atoms with E-state index in [0.717, 1.165) is 69.2 Å². The number of ether oxygens (including phenoxy) is 2. The minimum absolute atomic E-state index is 0.00255. The molecule has 0 spiro atoms. The van der Waals surface area contributed by atoms with Crippen molar-refractivity contribution in [1.82, 2.24) is 24.4 Å². The van der Waals surface area contributed by atoms with Crippen LogP contribution >= 0.6 is 22.9 Å². The van der Waals surface area contributed by atoms with E-state index in [9.17, 15) is 19.6 Å². The predicted octanol–water partition coefficient (Wildman–Crippen LogP) is 8.31. The van der Waals surface area contributed by atoms with Gasteiger partial charge in [-0.15, -0.1) is 11.3 Å². The Labute approximate surface area is 354 Å². The van der Waals surface area contributed by atoms with Gasteiger partial charge in [0.25, 0.3) is 0 Å². The van der Waals surface area contributed by atoms with Gasteiger partial charge in [-0.25, -0.2) is 18.2 Å². The molecular formula is C43H46ClF3N8O4S. The van der Waals surface area contributed by atoms with Gasteiger partial charge < -0.3 is 25.2 Å². The second-order valence-corrected chi connectivity index (χ2v) is 18.3. The normalized spacial score (nSPS) is 24.8. The number of nitrogens with two attached hydrogens (primary N) is 1. The van der Waals surface area contributed by atoms with Gasteiger partial charge in [0.2, 0.25) is 5.91 Å². The Morgan fingerprint density at radius 1 is 1.27 bits per heavy atom. The number of aromatic nitrogens is 4. The second-order valence-electron chi connectivity index (χ2n) is 16.9. The molecule has 17 heteroatoms. The molecule has 1 aliphatic carbocycles. The number of hydrogen-bond donors (Lipinski definition) is 2. The average molecular weight is 863 g/mol. The van der Waals surface area contributed by atoms with Crippen molar-refractivity contribution in [1.29, 1.82) is 5.26 Å². The molecule has 4 aliphatic rings. The molecule has 3 N–H and O–H groups in total. The Morgan fingerprint density at radius 2 is 2.08 bits per heavy atom. The lowest BCUT2D eigenvalue weighted by atomic mass is 9.75. The van der Waals surface area contributed by atoms with Crippen LogP contribution in [0.5, 0.6) is 11.8 Å². The molecule has 3 aromatic heterocycles. The van der Waals surface area contributed by atoms with Crippen LogP contribution in [0.3, 0.4) is 0 Å². The highest BCUT2D eigenvalue weighted by molar-refractivity contribution is 7.23. The molecule has 3 fully saturated rings. The van der Waals surface area contributed by atoms with Gasteiger partial charge in [-0.3, -0.25) is 14.3 Å². The van der Waals surface area contributed by atoms with Gasteiger partial charge in [-0.2, -0.15) is 15.2 Å². The van der Waals surface area contributed by atoms with Crippen LogP contribution in [0.1, 0.15) is 82.0 Å². The fourth-order valence-corrected chi connectivity index (χ4v) is 11.4. The van der Waals surface area contributed by atoms with Crippen LogP contribution in [0.2, 0.25) is 5.02 Å². The number of alkyl halides is 1. The zero-order chi connectivity index (χ0) is 42.0. The first kappa shape index (κ1) is 40.7. The Morgan fingerprint density at radius 3 is 2.82 bits per heavy atom. The van der Waals surface area contributed by atoms with Crippen LogP contribution in [-0.2, 0) is 0 Å². The number of carbonyl (C=O) groups is 1. The molecule has 12 nitrogen and oxygen atoms in total. The van der Waals surface area contributed by atoms with E-state index in [2.05, 4.69) is 14.9 Å². The standard InChI is InChI=1S/C43H46ClF3N8O4S/c1-3-24(41(57)53-13-11-50-21-53)7-4-6-23-14-26(15-23)55-30(22(2)56)19-58-37-33-36(51-42(52-40(33)55)59-20-43-10-5-12-54(43)18-25(45)16-43)35(47)32(34(37)44)27-8-9-29(46)38-31(27)28(17-48)39(49)60-38/h8-9,11,13,21-26,30,56H,3-7,10,12,14-16,18-20,49H2,1-2H3/t22-,23?,24?,25+,26?,30+,43-/m0/s1. The Balaban J connectivity index is 1.11. The Kier molecular flexibility index (Phi) is 10.8. The minimum atomic E-state index is -0.992. The lowest BCUT2D eigenvalue weighted by molar-refractivity contribution is 0.0816. The number of aliphatic hydroxyl groups excluding tert-OH is 1. The Bertz CT molecular complexity index is 2510. The van der Waals surface area contributed by atoms with Crippen molar-refractivity contribution >= 4 is 60.7 Å². The fraction of sp³-hybridized carbons (Fsp3) is 0.512. The molecule has 0 bridgehead atoms. The maximum Gasteiger partial charge on any atom is 0.319 e. The molecule has 1 unspecified atom stereocenters. The average Bonchev–Trinajstić information content (AvgIpc) is 3.99. The molecule has 2 aromatic carbocycles. The van der Waals surface area contributed by atoms with E-state index in [4.69, 9.17) is 31.8 Å². The molecule has 5 atom stereocenters. The molecule has 1 saturated carbocycles. The van der Waals surface area contributed by atoms with E-state index in [-0.39, 0.29) is 90.5 Å². The van der Waals surface area contributed by atoms with E-state index in [1.165, 1.54) is 23.0 Å². The van der Waals surface area contributed by atoms with Gasteiger partial charge >= 0.3 is 6.01 Å². The molecule has 9 rings (SSSR count). The minimum Gasteiger partial charge on any atom is -0.489 e. The van der Waals surface area contributed by atoms with E-state index in [1.54, 1.807) is 19.3 Å².